The van der Waals surface area contributed by atoms with Crippen molar-refractivity contribution >= 4 is 21.4 Å². The van der Waals surface area contributed by atoms with Gasteiger partial charge in [-0.05, 0) is 56.8 Å². The van der Waals surface area contributed by atoms with Gasteiger partial charge in [-0.2, -0.15) is 0 Å². The van der Waals surface area contributed by atoms with E-state index in [-0.39, 0.29) is 0 Å². The van der Waals surface area contributed by atoms with Crippen molar-refractivity contribution in [3.05, 3.63) is 54.1 Å². The predicted molar refractivity (Wildman–Crippen MR) is 96.3 cm³/mol. The van der Waals surface area contributed by atoms with Crippen LogP contribution in [0.25, 0.3) is 0 Å². The summed E-state index contributed by atoms with van der Waals surface area (Å²) in [5, 5.41) is 3.04. The first-order valence-electron chi connectivity index (χ1n) is 8.05. The van der Waals surface area contributed by atoms with Gasteiger partial charge in [-0.3, -0.25) is 0 Å². The summed E-state index contributed by atoms with van der Waals surface area (Å²) in [5.41, 5.74) is 1.36. The summed E-state index contributed by atoms with van der Waals surface area (Å²) in [6.07, 6.45) is 1.17. The van der Waals surface area contributed by atoms with E-state index in [0.717, 1.165) is 18.5 Å². The van der Waals surface area contributed by atoms with Crippen LogP contribution in [0.4, 0.5) is 11.4 Å². The molecule has 0 aromatic heterocycles. The Morgan fingerprint density at radius 2 is 1.92 bits per heavy atom. The molecule has 1 heterocycles. The zero-order valence-electron chi connectivity index (χ0n) is 13.9. The van der Waals surface area contributed by atoms with Gasteiger partial charge in [0.15, 0.2) is 0 Å². The topological polar surface area (TPSA) is 58.6 Å². The molecule has 0 saturated heterocycles. The molecule has 1 aliphatic rings. The van der Waals surface area contributed by atoms with Crippen LogP contribution >= 0.6 is 0 Å². The summed E-state index contributed by atoms with van der Waals surface area (Å²) in [7, 11) is -1.79. The third-order valence-corrected chi connectivity index (χ3v) is 5.95. The van der Waals surface area contributed by atoms with E-state index in [1.54, 1.807) is 18.2 Å². The van der Waals surface area contributed by atoms with Crippen LogP contribution in [0.3, 0.4) is 0 Å². The third-order valence-electron chi connectivity index (χ3n) is 4.04. The van der Waals surface area contributed by atoms with Crippen molar-refractivity contribution in [3.8, 4) is 5.75 Å². The number of hydrogen-bond donors (Lipinski definition) is 1. The molecule has 0 fully saturated rings. The minimum Gasteiger partial charge on any atom is -0.470 e. The summed E-state index contributed by atoms with van der Waals surface area (Å²) < 4.78 is 33.6. The SMILES string of the molecule is CNCCCC1Oc2cc(C)ccc2N(c2ccccc2)S1(=O)=O. The Hall–Kier alpha value is -2.05. The standard InChI is InChI=1S/C18H22N2O3S/c1-14-10-11-16-17(13-14)23-18(9-6-12-19-2)24(21,22)20(16)15-7-4-3-5-8-15/h3-5,7-8,10-11,13,18-19H,6,9,12H2,1-2H3. The first-order valence-corrected chi connectivity index (χ1v) is 9.55. The molecule has 0 bridgehead atoms. The highest BCUT2D eigenvalue weighted by Crippen LogP contribution is 2.43. The number of nitrogens with zero attached hydrogens (tertiary/aromatic N) is 1. The maximum absolute atomic E-state index is 13.1. The maximum atomic E-state index is 13.1. The first kappa shape index (κ1) is 16.8. The molecule has 128 valence electrons. The predicted octanol–water partition coefficient (Wildman–Crippen LogP) is 3.18. The van der Waals surface area contributed by atoms with Crippen molar-refractivity contribution in [2.75, 3.05) is 17.9 Å². The quantitative estimate of drug-likeness (QED) is 0.845. The van der Waals surface area contributed by atoms with Gasteiger partial charge in [-0.15, -0.1) is 0 Å². The van der Waals surface area contributed by atoms with Crippen LogP contribution in [0, 0.1) is 6.92 Å². The number of ether oxygens (including phenoxy) is 1. The van der Waals surface area contributed by atoms with Gasteiger partial charge in [-0.25, -0.2) is 12.7 Å². The molecule has 2 aromatic carbocycles. The lowest BCUT2D eigenvalue weighted by Crippen LogP contribution is -2.43. The fourth-order valence-corrected chi connectivity index (χ4v) is 4.61. The van der Waals surface area contributed by atoms with Gasteiger partial charge in [-0.1, -0.05) is 24.3 Å². The number of nitrogens with one attached hydrogen (secondary N) is 1. The van der Waals surface area contributed by atoms with Gasteiger partial charge in [0.2, 0.25) is 5.44 Å². The van der Waals surface area contributed by atoms with Crippen molar-refractivity contribution in [2.24, 2.45) is 0 Å². The average Bonchev–Trinajstić information content (AvgIpc) is 2.56. The summed E-state index contributed by atoms with van der Waals surface area (Å²) in [5.74, 6) is 0.614. The van der Waals surface area contributed by atoms with Crippen LogP contribution in [0.5, 0.6) is 5.75 Å². The van der Waals surface area contributed by atoms with Gasteiger partial charge < -0.3 is 10.1 Å². The van der Waals surface area contributed by atoms with E-state index in [2.05, 4.69) is 5.32 Å². The molecule has 1 N–H and O–H groups in total. The van der Waals surface area contributed by atoms with Crippen LogP contribution < -0.4 is 14.4 Å². The fourth-order valence-electron chi connectivity index (χ4n) is 2.84. The summed E-state index contributed by atoms with van der Waals surface area (Å²) in [6.45, 7) is 2.72. The molecule has 0 radical (unpaired) electrons. The molecule has 1 atom stereocenters. The zero-order valence-corrected chi connectivity index (χ0v) is 14.7. The summed E-state index contributed by atoms with van der Waals surface area (Å²) in [4.78, 5) is 0. The first-order chi connectivity index (χ1) is 11.5. The van der Waals surface area contributed by atoms with E-state index in [0.29, 0.717) is 23.5 Å². The van der Waals surface area contributed by atoms with Crippen molar-refractivity contribution in [1.29, 1.82) is 0 Å². The van der Waals surface area contributed by atoms with E-state index in [9.17, 15) is 8.42 Å². The number of sulfonamides is 1. The van der Waals surface area contributed by atoms with Crippen LogP contribution in [0.15, 0.2) is 48.5 Å². The highest BCUT2D eigenvalue weighted by Gasteiger charge is 2.40. The Morgan fingerprint density at radius 1 is 1.17 bits per heavy atom. The normalized spacial score (nSPS) is 18.8. The summed E-state index contributed by atoms with van der Waals surface area (Å²) >= 11 is 0. The zero-order chi connectivity index (χ0) is 17.2. The molecule has 3 rings (SSSR count). The van der Waals surface area contributed by atoms with Crippen LogP contribution in [-0.4, -0.2) is 27.4 Å². The average molecular weight is 346 g/mol. The number of para-hydroxylation sites is 1. The number of benzene rings is 2. The maximum Gasteiger partial charge on any atom is 0.277 e. The molecule has 1 aliphatic heterocycles. The fraction of sp³-hybridized carbons (Fsp3) is 0.333. The number of fused-ring (bicyclic) bond motifs is 1. The lowest BCUT2D eigenvalue weighted by atomic mass is 10.2. The second kappa shape index (κ2) is 6.83. The molecule has 1 unspecified atom stereocenters. The Bertz CT molecular complexity index is 806. The molecule has 6 heteroatoms. The number of hydrogen-bond acceptors (Lipinski definition) is 4. The second-order valence-corrected chi connectivity index (χ2v) is 7.83. The molecule has 5 nitrogen and oxygen atoms in total. The number of rotatable bonds is 5. The van der Waals surface area contributed by atoms with Crippen molar-refractivity contribution in [2.45, 2.75) is 25.2 Å². The van der Waals surface area contributed by atoms with Gasteiger partial charge in [0.25, 0.3) is 10.0 Å². The van der Waals surface area contributed by atoms with Crippen LogP contribution in [0.2, 0.25) is 0 Å². The smallest absolute Gasteiger partial charge is 0.277 e. The van der Waals surface area contributed by atoms with Crippen LogP contribution in [0.1, 0.15) is 18.4 Å². The molecule has 24 heavy (non-hydrogen) atoms. The highest BCUT2D eigenvalue weighted by molar-refractivity contribution is 7.93. The van der Waals surface area contributed by atoms with Gasteiger partial charge in [0.1, 0.15) is 5.75 Å². The van der Waals surface area contributed by atoms with Crippen molar-refractivity contribution in [1.82, 2.24) is 5.32 Å². The third kappa shape index (κ3) is 3.12. The van der Waals surface area contributed by atoms with Crippen molar-refractivity contribution in [3.63, 3.8) is 0 Å². The van der Waals surface area contributed by atoms with Gasteiger partial charge in [0.05, 0.1) is 11.4 Å². The molecule has 0 amide bonds. The van der Waals surface area contributed by atoms with E-state index >= 15 is 0 Å². The van der Waals surface area contributed by atoms with E-state index < -0.39 is 15.5 Å². The van der Waals surface area contributed by atoms with Crippen molar-refractivity contribution < 1.29 is 13.2 Å². The lowest BCUT2D eigenvalue weighted by molar-refractivity contribution is 0.254. The Labute approximate surface area is 143 Å². The molecule has 0 saturated carbocycles. The monoisotopic (exact) mass is 346 g/mol. The van der Waals surface area contributed by atoms with Gasteiger partial charge >= 0.3 is 0 Å². The second-order valence-electron chi connectivity index (χ2n) is 5.91. The molecule has 0 spiro atoms. The number of anilines is 2. The van der Waals surface area contributed by atoms with E-state index in [1.165, 1.54) is 4.31 Å². The molecular weight excluding hydrogens is 324 g/mol. The minimum atomic E-state index is -3.64. The summed E-state index contributed by atoms with van der Waals surface area (Å²) in [6, 6.07) is 14.7. The molecule has 0 aliphatic carbocycles. The lowest BCUT2D eigenvalue weighted by Gasteiger charge is -2.35. The van der Waals surface area contributed by atoms with Gasteiger partial charge in [0, 0.05) is 6.42 Å². The largest absolute Gasteiger partial charge is 0.470 e. The Kier molecular flexibility index (Phi) is 4.78. The minimum absolute atomic E-state index is 0.444. The van der Waals surface area contributed by atoms with E-state index in [4.69, 9.17) is 4.74 Å². The highest BCUT2D eigenvalue weighted by atomic mass is 32.2. The van der Waals surface area contributed by atoms with E-state index in [1.807, 2.05) is 44.3 Å². The molecular formula is C18H22N2O3S. The number of aryl methyl sites for hydroxylation is 1. The Morgan fingerprint density at radius 3 is 2.62 bits per heavy atom. The van der Waals surface area contributed by atoms with Crippen LogP contribution in [-0.2, 0) is 10.0 Å². The molecule has 2 aromatic rings. The Balaban J connectivity index is 2.07.